The summed E-state index contributed by atoms with van der Waals surface area (Å²) >= 11 is 0. The molecule has 2 heteroatoms. The van der Waals surface area contributed by atoms with Gasteiger partial charge in [0.2, 0.25) is 0 Å². The summed E-state index contributed by atoms with van der Waals surface area (Å²) < 4.78 is 6.68. The fraction of sp³-hybridized carbons (Fsp3) is 0.185. The van der Waals surface area contributed by atoms with Gasteiger partial charge in [0, 0.05) is 44.0 Å². The van der Waals surface area contributed by atoms with Crippen LogP contribution in [0.2, 0.25) is 0 Å². The van der Waals surface area contributed by atoms with E-state index in [1.165, 1.54) is 74.2 Å². The predicted octanol–water partition coefficient (Wildman–Crippen LogP) is 21.8. The van der Waals surface area contributed by atoms with Crippen LogP contribution in [0.5, 0.6) is 0 Å². The number of anilines is 3. The van der Waals surface area contributed by atoms with Gasteiger partial charge >= 0.3 is 0 Å². The van der Waals surface area contributed by atoms with E-state index in [0.29, 0.717) is 11.8 Å². The summed E-state index contributed by atoms with van der Waals surface area (Å²) in [5.74, 6) is 0.988. The largest absolute Gasteiger partial charge is 0.455 e. The van der Waals surface area contributed by atoms with Crippen molar-refractivity contribution in [1.29, 1.82) is 0 Å². The molecule has 17 rings (SSSR count). The Hall–Kier alpha value is -8.98. The Kier molecular flexibility index (Phi) is 11.0. The van der Waals surface area contributed by atoms with Crippen LogP contribution in [0.3, 0.4) is 0 Å². The van der Waals surface area contributed by atoms with Gasteiger partial charge in [0.25, 0.3) is 0 Å². The molecule has 83 heavy (non-hydrogen) atoms. The molecule has 11 aromatic carbocycles. The lowest BCUT2D eigenvalue weighted by atomic mass is 9.36. The highest BCUT2D eigenvalue weighted by Crippen LogP contribution is 2.77. The molecule has 6 unspecified atom stereocenters. The van der Waals surface area contributed by atoms with Crippen LogP contribution in [0.1, 0.15) is 96.6 Å². The number of aryl methyl sites for hydroxylation is 1. The highest BCUT2D eigenvalue weighted by atomic mass is 16.3. The van der Waals surface area contributed by atoms with Crippen molar-refractivity contribution in [3.63, 3.8) is 0 Å². The fourth-order valence-corrected chi connectivity index (χ4v) is 18.5. The third-order valence-electron chi connectivity index (χ3n) is 21.2. The topological polar surface area (TPSA) is 16.4 Å². The van der Waals surface area contributed by atoms with E-state index in [0.717, 1.165) is 83.0 Å². The molecule has 0 amide bonds. The Morgan fingerprint density at radius 1 is 0.361 bits per heavy atom. The second-order valence-electron chi connectivity index (χ2n) is 25.2. The van der Waals surface area contributed by atoms with E-state index in [2.05, 4.69) is 273 Å². The maximum absolute atomic E-state index is 6.68. The third-order valence-corrected chi connectivity index (χ3v) is 21.2. The summed E-state index contributed by atoms with van der Waals surface area (Å²) in [6, 6.07) is 100. The van der Waals surface area contributed by atoms with E-state index in [1.54, 1.807) is 22.3 Å². The van der Waals surface area contributed by atoms with Gasteiger partial charge in [-0.1, -0.05) is 237 Å². The van der Waals surface area contributed by atoms with Crippen molar-refractivity contribution < 1.29 is 4.42 Å². The first-order valence-corrected chi connectivity index (χ1v) is 30.5. The monoisotopic (exact) mass is 1070 g/mol. The molecule has 5 aliphatic carbocycles. The lowest BCUT2D eigenvalue weighted by Crippen LogP contribution is -2.64. The van der Waals surface area contributed by atoms with Crippen LogP contribution in [0, 0.1) is 12.8 Å². The van der Waals surface area contributed by atoms with Crippen LogP contribution in [0.4, 0.5) is 17.1 Å². The van der Waals surface area contributed by atoms with Crippen LogP contribution in [0.15, 0.2) is 265 Å². The van der Waals surface area contributed by atoms with Gasteiger partial charge in [-0.2, -0.15) is 0 Å². The van der Waals surface area contributed by atoms with Gasteiger partial charge in [0.15, 0.2) is 0 Å². The van der Waals surface area contributed by atoms with E-state index >= 15 is 0 Å². The van der Waals surface area contributed by atoms with Crippen molar-refractivity contribution >= 4 is 39.0 Å². The molecule has 400 valence electrons. The van der Waals surface area contributed by atoms with Gasteiger partial charge in [-0.05, 0) is 183 Å². The van der Waals surface area contributed by atoms with Crippen molar-refractivity contribution in [3.8, 4) is 55.6 Å². The van der Waals surface area contributed by atoms with Crippen molar-refractivity contribution in [3.05, 3.63) is 294 Å². The molecule has 1 aromatic heterocycles. The molecule has 0 aliphatic heterocycles. The van der Waals surface area contributed by atoms with Crippen molar-refractivity contribution in [1.82, 2.24) is 0 Å². The molecule has 2 nitrogen and oxygen atoms in total. The molecule has 0 radical (unpaired) electrons. The maximum Gasteiger partial charge on any atom is 0.143 e. The van der Waals surface area contributed by atoms with Gasteiger partial charge in [-0.15, -0.1) is 0 Å². The Labute approximate surface area is 487 Å². The Morgan fingerprint density at radius 2 is 0.843 bits per heavy atom. The summed E-state index contributed by atoms with van der Waals surface area (Å²) in [5.41, 5.74) is 27.1. The van der Waals surface area contributed by atoms with Gasteiger partial charge in [-0.3, -0.25) is 0 Å². The molecule has 4 bridgehead atoms. The lowest BCUT2D eigenvalue weighted by molar-refractivity contribution is -0.0404. The summed E-state index contributed by atoms with van der Waals surface area (Å²) in [6.45, 7) is 2.33. The van der Waals surface area contributed by atoms with Crippen LogP contribution in [-0.2, 0) is 16.2 Å². The molecule has 6 atom stereocenters. The van der Waals surface area contributed by atoms with Crippen LogP contribution in [0.25, 0.3) is 77.6 Å². The van der Waals surface area contributed by atoms with Crippen LogP contribution < -0.4 is 4.90 Å². The predicted molar refractivity (Wildman–Crippen MR) is 344 cm³/mol. The minimum atomic E-state index is -0.253. The highest BCUT2D eigenvalue weighted by molar-refractivity contribution is 6.09. The average molecular weight is 1070 g/mol. The number of hydrogen-bond acceptors (Lipinski definition) is 2. The highest BCUT2D eigenvalue weighted by Gasteiger charge is 2.70. The summed E-state index contributed by atoms with van der Waals surface area (Å²) in [6.07, 6.45) is 9.14. The van der Waals surface area contributed by atoms with Gasteiger partial charge in [-0.25, -0.2) is 0 Å². The lowest BCUT2D eigenvalue weighted by Gasteiger charge is -2.67. The maximum atomic E-state index is 6.68. The fourth-order valence-electron chi connectivity index (χ4n) is 18.5. The van der Waals surface area contributed by atoms with E-state index < -0.39 is 0 Å². The molecular weight excluding hydrogens is 1000 g/mol. The molecule has 5 aliphatic rings. The second-order valence-corrected chi connectivity index (χ2v) is 25.2. The van der Waals surface area contributed by atoms with Crippen molar-refractivity contribution in [2.24, 2.45) is 5.92 Å². The van der Waals surface area contributed by atoms with E-state index in [4.69, 9.17) is 4.42 Å². The van der Waals surface area contributed by atoms with E-state index in [-0.39, 0.29) is 22.2 Å². The number of rotatable bonds is 7. The van der Waals surface area contributed by atoms with Gasteiger partial charge in [0.05, 0.1) is 5.69 Å². The number of benzene rings is 11. The average Bonchev–Trinajstić information content (AvgIpc) is 1.66. The normalized spacial score (nSPS) is 22.6. The zero-order valence-corrected chi connectivity index (χ0v) is 47.1. The Bertz CT molecular complexity index is 4510. The standard InChI is InChI=1S/C81H65NO/c1-53-21-5-6-24-61(53)67-29-11-14-35-72(67)79-47-17-18-48-80-50-58(52-81(78(79)80)51-57(49-79)62-25-7-9-27-65(62)68-30-12-15-36-73(68)81)63-26-8-10-28-66(63)70-33-20-37-74(76(70)80)82(59-43-39-55(40-44-59)54-22-3-2-4-23-54)60-45-41-56(42-46-60)64-32-19-34-71-69-31-13-16-38-75(69)83-77(64)71/h2-16,19-46,57-58,78H,17-18,47-52H2,1H3. The van der Waals surface area contributed by atoms with Crippen LogP contribution >= 0.6 is 0 Å². The quantitative estimate of drug-likeness (QED) is 0.158. The smallest absolute Gasteiger partial charge is 0.143 e. The summed E-state index contributed by atoms with van der Waals surface area (Å²) in [4.78, 5) is 2.66. The number of fused-ring (bicyclic) bond motifs is 13. The number of nitrogens with zero attached hydrogens (tertiary/aromatic N) is 1. The minimum absolute atomic E-state index is 0.173. The van der Waals surface area contributed by atoms with Crippen molar-refractivity contribution in [2.75, 3.05) is 4.90 Å². The van der Waals surface area contributed by atoms with Gasteiger partial charge in [0.1, 0.15) is 11.2 Å². The Morgan fingerprint density at radius 3 is 1.55 bits per heavy atom. The molecule has 3 saturated carbocycles. The van der Waals surface area contributed by atoms with Crippen LogP contribution in [-0.4, -0.2) is 0 Å². The Balaban J connectivity index is 0.960. The molecule has 1 heterocycles. The van der Waals surface area contributed by atoms with Crippen molar-refractivity contribution in [2.45, 2.75) is 86.4 Å². The first-order chi connectivity index (χ1) is 41.0. The first kappa shape index (κ1) is 48.7. The third kappa shape index (κ3) is 7.21. The molecule has 12 aromatic rings. The zero-order chi connectivity index (χ0) is 54.9. The van der Waals surface area contributed by atoms with E-state index in [9.17, 15) is 0 Å². The minimum Gasteiger partial charge on any atom is -0.455 e. The molecule has 0 N–H and O–H groups in total. The second kappa shape index (κ2) is 18.8. The molecular formula is C81H65NO. The number of furan rings is 1. The number of hydrogen-bond donors (Lipinski definition) is 0. The zero-order valence-electron chi connectivity index (χ0n) is 47.1. The van der Waals surface area contributed by atoms with E-state index in [1.807, 2.05) is 0 Å². The SMILES string of the molecule is Cc1ccccc1-c1ccccc1C12CCCCC34CC(CC5(CC(C1)c1ccccc1-c1ccccc15)C23)c1ccccc1-c1cccc(N(c2ccc(-c3ccccc3)cc2)c2ccc(-c3cccc5c3oc3ccccc35)cc2)c14. The molecule has 2 spiro atoms. The summed E-state index contributed by atoms with van der Waals surface area (Å²) in [7, 11) is 0. The first-order valence-electron chi connectivity index (χ1n) is 30.5. The number of para-hydroxylation sites is 2. The molecule has 0 saturated heterocycles. The molecule has 3 fully saturated rings. The summed E-state index contributed by atoms with van der Waals surface area (Å²) in [5, 5.41) is 2.29. The van der Waals surface area contributed by atoms with Gasteiger partial charge < -0.3 is 9.32 Å².